The second-order valence-corrected chi connectivity index (χ2v) is 7.69. The Balaban J connectivity index is 1.65. The van der Waals surface area contributed by atoms with Gasteiger partial charge in [0.2, 0.25) is 5.95 Å². The Morgan fingerprint density at radius 3 is 2.87 bits per heavy atom. The van der Waals surface area contributed by atoms with E-state index >= 15 is 0 Å². The third-order valence-electron chi connectivity index (χ3n) is 5.46. The first-order valence-corrected chi connectivity index (χ1v) is 9.72. The molecular weight excluding hydrogens is 380 g/mol. The molecule has 0 radical (unpaired) electrons. The number of nitrogens with one attached hydrogen (secondary N) is 3. The molecular formula is C22H24N6O2. The Morgan fingerprint density at radius 1 is 1.27 bits per heavy atom. The molecule has 3 heterocycles. The molecule has 1 amide bonds. The van der Waals surface area contributed by atoms with Crippen molar-refractivity contribution in [2.24, 2.45) is 0 Å². The lowest BCUT2D eigenvalue weighted by Gasteiger charge is -2.20. The maximum atomic E-state index is 11.9. The van der Waals surface area contributed by atoms with Gasteiger partial charge in [-0.05, 0) is 36.8 Å². The molecule has 1 aliphatic rings. The molecule has 0 saturated carbocycles. The third kappa shape index (κ3) is 3.57. The number of rotatable bonds is 5. The Bertz CT molecular complexity index is 1120. The molecule has 4 rings (SSSR count). The number of aliphatic hydroxyl groups is 1. The van der Waals surface area contributed by atoms with Crippen LogP contribution in [0.5, 0.6) is 0 Å². The van der Waals surface area contributed by atoms with Crippen molar-refractivity contribution in [2.75, 3.05) is 30.8 Å². The molecule has 0 saturated heterocycles. The predicted octanol–water partition coefficient (Wildman–Crippen LogP) is 2.63. The zero-order valence-corrected chi connectivity index (χ0v) is 17.2. The third-order valence-corrected chi connectivity index (χ3v) is 5.46. The SMILES string of the molecule is CNC(=O)c1ccc(C)c(Nc2nccc(-c3cnc4c(c3)C(C)(CO)CN4)n2)c1. The molecule has 2 aromatic heterocycles. The minimum atomic E-state index is -0.371. The van der Waals surface area contributed by atoms with E-state index in [1.54, 1.807) is 31.6 Å². The molecule has 0 aliphatic carbocycles. The van der Waals surface area contributed by atoms with Gasteiger partial charge in [0, 0.05) is 53.8 Å². The molecule has 8 nitrogen and oxygen atoms in total. The number of aromatic nitrogens is 3. The molecule has 1 aromatic carbocycles. The number of nitrogens with zero attached hydrogens (tertiary/aromatic N) is 3. The summed E-state index contributed by atoms with van der Waals surface area (Å²) >= 11 is 0. The van der Waals surface area contributed by atoms with Gasteiger partial charge in [-0.2, -0.15) is 0 Å². The first-order valence-electron chi connectivity index (χ1n) is 9.72. The second-order valence-electron chi connectivity index (χ2n) is 7.69. The van der Waals surface area contributed by atoms with Gasteiger partial charge in [-0.15, -0.1) is 0 Å². The van der Waals surface area contributed by atoms with E-state index in [-0.39, 0.29) is 17.9 Å². The highest BCUT2D eigenvalue weighted by atomic mass is 16.3. The van der Waals surface area contributed by atoms with Crippen molar-refractivity contribution in [3.63, 3.8) is 0 Å². The van der Waals surface area contributed by atoms with E-state index in [1.807, 2.05) is 32.0 Å². The van der Waals surface area contributed by atoms with E-state index in [0.717, 1.165) is 33.9 Å². The first-order chi connectivity index (χ1) is 14.4. The number of carbonyl (C=O) groups excluding carboxylic acids is 1. The van der Waals surface area contributed by atoms with Crippen molar-refractivity contribution in [1.82, 2.24) is 20.3 Å². The van der Waals surface area contributed by atoms with Gasteiger partial charge in [0.25, 0.3) is 5.91 Å². The van der Waals surface area contributed by atoms with Gasteiger partial charge in [-0.25, -0.2) is 15.0 Å². The summed E-state index contributed by atoms with van der Waals surface area (Å²) in [5.41, 5.74) is 4.46. The second kappa shape index (κ2) is 7.72. The van der Waals surface area contributed by atoms with Crippen LogP contribution in [0.25, 0.3) is 11.3 Å². The van der Waals surface area contributed by atoms with Crippen molar-refractivity contribution in [3.05, 3.63) is 59.4 Å². The van der Waals surface area contributed by atoms with E-state index in [9.17, 15) is 9.90 Å². The molecule has 0 spiro atoms. The summed E-state index contributed by atoms with van der Waals surface area (Å²) in [7, 11) is 1.60. The van der Waals surface area contributed by atoms with E-state index in [2.05, 4.69) is 30.9 Å². The summed E-state index contributed by atoms with van der Waals surface area (Å²) in [6.07, 6.45) is 3.44. The fourth-order valence-electron chi connectivity index (χ4n) is 3.46. The van der Waals surface area contributed by atoms with Crippen LogP contribution >= 0.6 is 0 Å². The highest BCUT2D eigenvalue weighted by Gasteiger charge is 2.35. The molecule has 3 aromatic rings. The highest BCUT2D eigenvalue weighted by Crippen LogP contribution is 2.37. The van der Waals surface area contributed by atoms with Gasteiger partial charge in [0.15, 0.2) is 0 Å². The van der Waals surface area contributed by atoms with Crippen LogP contribution in [0.4, 0.5) is 17.5 Å². The Labute approximate surface area is 174 Å². The number of fused-ring (bicyclic) bond motifs is 1. The van der Waals surface area contributed by atoms with Crippen LogP contribution in [0.15, 0.2) is 42.7 Å². The van der Waals surface area contributed by atoms with Gasteiger partial charge in [-0.3, -0.25) is 4.79 Å². The minimum absolute atomic E-state index is 0.0374. The molecule has 0 bridgehead atoms. The number of anilines is 3. The van der Waals surface area contributed by atoms with Crippen molar-refractivity contribution in [2.45, 2.75) is 19.3 Å². The molecule has 4 N–H and O–H groups in total. The van der Waals surface area contributed by atoms with Gasteiger partial charge >= 0.3 is 0 Å². The van der Waals surface area contributed by atoms with Crippen LogP contribution in [0.3, 0.4) is 0 Å². The van der Waals surface area contributed by atoms with Crippen LogP contribution in [-0.4, -0.2) is 46.2 Å². The summed E-state index contributed by atoms with van der Waals surface area (Å²) in [5.74, 6) is 1.06. The number of amides is 1. The standard InChI is InChI=1S/C22H24N6O2/c1-13-4-5-14(20(30)23-3)9-18(13)28-21-24-7-6-17(27-21)15-8-16-19(25-10-15)26-11-22(16,2)12-29/h4-10,29H,11-12H2,1-3H3,(H,23,30)(H,25,26)(H,24,27,28). The number of hydrogen-bond acceptors (Lipinski definition) is 7. The van der Waals surface area contributed by atoms with Crippen molar-refractivity contribution in [1.29, 1.82) is 0 Å². The zero-order chi connectivity index (χ0) is 21.3. The molecule has 1 unspecified atom stereocenters. The lowest BCUT2D eigenvalue weighted by atomic mass is 9.85. The molecule has 1 atom stereocenters. The first kappa shape index (κ1) is 19.8. The normalized spacial score (nSPS) is 17.2. The van der Waals surface area contributed by atoms with Crippen molar-refractivity contribution >= 4 is 23.4 Å². The molecule has 30 heavy (non-hydrogen) atoms. The number of carbonyl (C=O) groups is 1. The van der Waals surface area contributed by atoms with Crippen LogP contribution in [0.1, 0.15) is 28.4 Å². The van der Waals surface area contributed by atoms with E-state index < -0.39 is 0 Å². The van der Waals surface area contributed by atoms with Crippen molar-refractivity contribution in [3.8, 4) is 11.3 Å². The molecule has 154 valence electrons. The van der Waals surface area contributed by atoms with E-state index in [1.165, 1.54) is 0 Å². The topological polar surface area (TPSA) is 112 Å². The Hall–Kier alpha value is -3.52. The van der Waals surface area contributed by atoms with Crippen LogP contribution < -0.4 is 16.0 Å². The number of pyridine rings is 1. The van der Waals surface area contributed by atoms with Crippen LogP contribution in [0, 0.1) is 6.92 Å². The van der Waals surface area contributed by atoms with Gasteiger partial charge < -0.3 is 21.1 Å². The van der Waals surface area contributed by atoms with E-state index in [4.69, 9.17) is 0 Å². The summed E-state index contributed by atoms with van der Waals surface area (Å²) in [4.78, 5) is 25.4. The summed E-state index contributed by atoms with van der Waals surface area (Å²) in [6, 6.07) is 9.27. The monoisotopic (exact) mass is 404 g/mol. The van der Waals surface area contributed by atoms with E-state index in [0.29, 0.717) is 18.1 Å². The van der Waals surface area contributed by atoms with Gasteiger partial charge in [0.05, 0.1) is 12.3 Å². The fraction of sp³-hybridized carbons (Fsp3) is 0.273. The zero-order valence-electron chi connectivity index (χ0n) is 17.2. The molecule has 1 aliphatic heterocycles. The highest BCUT2D eigenvalue weighted by molar-refractivity contribution is 5.95. The lowest BCUT2D eigenvalue weighted by Crippen LogP contribution is -2.28. The summed E-state index contributed by atoms with van der Waals surface area (Å²) < 4.78 is 0. The number of benzene rings is 1. The maximum Gasteiger partial charge on any atom is 0.251 e. The lowest BCUT2D eigenvalue weighted by molar-refractivity contribution is 0.0963. The molecule has 0 fully saturated rings. The Morgan fingerprint density at radius 2 is 2.10 bits per heavy atom. The number of aryl methyl sites for hydroxylation is 1. The van der Waals surface area contributed by atoms with Crippen LogP contribution in [0.2, 0.25) is 0 Å². The van der Waals surface area contributed by atoms with Crippen LogP contribution in [-0.2, 0) is 5.41 Å². The molecule has 8 heteroatoms. The summed E-state index contributed by atoms with van der Waals surface area (Å²) in [6.45, 7) is 4.64. The largest absolute Gasteiger partial charge is 0.395 e. The minimum Gasteiger partial charge on any atom is -0.395 e. The van der Waals surface area contributed by atoms with Crippen molar-refractivity contribution < 1.29 is 9.90 Å². The average Bonchev–Trinajstić information content (AvgIpc) is 3.11. The van der Waals surface area contributed by atoms with Gasteiger partial charge in [0.1, 0.15) is 5.82 Å². The fourth-order valence-corrected chi connectivity index (χ4v) is 3.46. The van der Waals surface area contributed by atoms with Gasteiger partial charge in [-0.1, -0.05) is 13.0 Å². The predicted molar refractivity (Wildman–Crippen MR) is 116 cm³/mol. The number of hydrogen-bond donors (Lipinski definition) is 4. The quantitative estimate of drug-likeness (QED) is 0.517. The Kier molecular flexibility index (Phi) is 5.09. The summed E-state index contributed by atoms with van der Waals surface area (Å²) in [5, 5.41) is 18.9. The smallest absolute Gasteiger partial charge is 0.251 e. The average molecular weight is 404 g/mol. The number of aliphatic hydroxyl groups excluding tert-OH is 1. The maximum absolute atomic E-state index is 11.9.